The lowest BCUT2D eigenvalue weighted by Crippen LogP contribution is -2.05. The number of hydrogen-bond donors (Lipinski definition) is 1. The second-order valence-electron chi connectivity index (χ2n) is 3.54. The van der Waals surface area contributed by atoms with Gasteiger partial charge in [0.1, 0.15) is 5.65 Å². The maximum absolute atomic E-state index is 11.2. The minimum atomic E-state index is -0.936. The van der Waals surface area contributed by atoms with Crippen molar-refractivity contribution in [2.24, 2.45) is 0 Å². The van der Waals surface area contributed by atoms with Crippen molar-refractivity contribution in [3.63, 3.8) is 0 Å². The lowest BCUT2D eigenvalue weighted by Gasteiger charge is -1.99. The Bertz CT molecular complexity index is 548. The van der Waals surface area contributed by atoms with Crippen molar-refractivity contribution in [3.8, 4) is 0 Å². The average molecular weight is 283 g/mol. The van der Waals surface area contributed by atoms with Crippen molar-refractivity contribution in [2.75, 3.05) is 0 Å². The molecule has 0 aromatic carbocycles. The zero-order valence-electron chi connectivity index (χ0n) is 8.77. The fourth-order valence-corrected chi connectivity index (χ4v) is 2.04. The first-order valence-electron chi connectivity index (χ1n) is 5.03. The number of aromatic carboxylic acids is 1. The molecule has 0 unspecified atom stereocenters. The molecule has 2 aromatic heterocycles. The Morgan fingerprint density at radius 3 is 2.94 bits per heavy atom. The number of fused-ring (bicyclic) bond motifs is 1. The number of hydrogen-bond acceptors (Lipinski definition) is 2. The third-order valence-corrected chi connectivity index (χ3v) is 2.81. The predicted octanol–water partition coefficient (Wildman–Crippen LogP) is 2.75. The summed E-state index contributed by atoms with van der Waals surface area (Å²) in [7, 11) is 0. The van der Waals surface area contributed by atoms with E-state index < -0.39 is 5.97 Å². The summed E-state index contributed by atoms with van der Waals surface area (Å²) < 4.78 is 2.44. The van der Waals surface area contributed by atoms with Crippen molar-refractivity contribution >= 4 is 27.5 Å². The van der Waals surface area contributed by atoms with Crippen molar-refractivity contribution in [2.45, 2.75) is 19.8 Å². The first-order valence-corrected chi connectivity index (χ1v) is 5.82. The van der Waals surface area contributed by atoms with Gasteiger partial charge in [0.25, 0.3) is 0 Å². The molecule has 5 heteroatoms. The first kappa shape index (κ1) is 11.1. The van der Waals surface area contributed by atoms with E-state index >= 15 is 0 Å². The number of carbonyl (C=O) groups is 1. The van der Waals surface area contributed by atoms with Crippen LogP contribution < -0.4 is 0 Å². The summed E-state index contributed by atoms with van der Waals surface area (Å²) in [6, 6.07) is 3.65. The Morgan fingerprint density at radius 2 is 2.31 bits per heavy atom. The number of aromatic nitrogens is 2. The van der Waals surface area contributed by atoms with E-state index in [1.54, 1.807) is 16.7 Å². The number of halogens is 1. The van der Waals surface area contributed by atoms with E-state index in [2.05, 4.69) is 20.9 Å². The molecule has 0 saturated heterocycles. The van der Waals surface area contributed by atoms with Crippen LogP contribution in [-0.4, -0.2) is 20.5 Å². The number of pyridine rings is 1. The largest absolute Gasteiger partial charge is 0.477 e. The highest BCUT2D eigenvalue weighted by Gasteiger charge is 2.17. The maximum Gasteiger partial charge on any atom is 0.354 e. The Balaban J connectivity index is 2.72. The Labute approximate surface area is 101 Å². The first-order chi connectivity index (χ1) is 7.63. The van der Waals surface area contributed by atoms with E-state index in [0.717, 1.165) is 10.9 Å². The monoisotopic (exact) mass is 282 g/mol. The van der Waals surface area contributed by atoms with Crippen LogP contribution in [0.25, 0.3) is 5.65 Å². The molecule has 0 spiro atoms. The van der Waals surface area contributed by atoms with Gasteiger partial charge in [0.15, 0.2) is 5.69 Å². The van der Waals surface area contributed by atoms with Crippen molar-refractivity contribution in [3.05, 3.63) is 34.2 Å². The van der Waals surface area contributed by atoms with Gasteiger partial charge in [-0.1, -0.05) is 13.3 Å². The van der Waals surface area contributed by atoms with Crippen LogP contribution in [0.4, 0.5) is 0 Å². The molecule has 2 heterocycles. The van der Waals surface area contributed by atoms with Gasteiger partial charge in [-0.15, -0.1) is 0 Å². The SMILES string of the molecule is CCCc1nc2ccc(Br)cn2c1C(=O)O. The lowest BCUT2D eigenvalue weighted by atomic mass is 10.2. The van der Waals surface area contributed by atoms with E-state index in [4.69, 9.17) is 0 Å². The molecule has 0 fully saturated rings. The third-order valence-electron chi connectivity index (χ3n) is 2.34. The van der Waals surface area contributed by atoms with Crippen LogP contribution in [0.1, 0.15) is 29.5 Å². The highest BCUT2D eigenvalue weighted by Crippen LogP contribution is 2.18. The molecular weight excluding hydrogens is 272 g/mol. The van der Waals surface area contributed by atoms with Crippen molar-refractivity contribution in [1.29, 1.82) is 0 Å². The molecule has 0 aliphatic carbocycles. The molecule has 0 bridgehead atoms. The van der Waals surface area contributed by atoms with E-state index in [1.807, 2.05) is 13.0 Å². The Morgan fingerprint density at radius 1 is 1.56 bits per heavy atom. The summed E-state index contributed by atoms with van der Waals surface area (Å²) in [5.74, 6) is -0.936. The highest BCUT2D eigenvalue weighted by molar-refractivity contribution is 9.10. The van der Waals surface area contributed by atoms with Gasteiger partial charge < -0.3 is 5.11 Å². The van der Waals surface area contributed by atoms with E-state index in [9.17, 15) is 9.90 Å². The molecule has 0 aliphatic heterocycles. The Hall–Kier alpha value is -1.36. The molecule has 0 saturated carbocycles. The molecule has 1 N–H and O–H groups in total. The minimum absolute atomic E-state index is 0.262. The fraction of sp³-hybridized carbons (Fsp3) is 0.273. The summed E-state index contributed by atoms with van der Waals surface area (Å²) >= 11 is 3.32. The molecule has 2 aromatic rings. The van der Waals surface area contributed by atoms with Crippen LogP contribution in [0.2, 0.25) is 0 Å². The standard InChI is InChI=1S/C11H11BrN2O2/c1-2-3-8-10(11(15)16)14-6-7(12)4-5-9(14)13-8/h4-6H,2-3H2,1H3,(H,15,16). The van der Waals surface area contributed by atoms with Gasteiger partial charge in [0, 0.05) is 10.7 Å². The molecule has 4 nitrogen and oxygen atoms in total. The van der Waals surface area contributed by atoms with Gasteiger partial charge in [0.2, 0.25) is 0 Å². The van der Waals surface area contributed by atoms with Crippen LogP contribution >= 0.6 is 15.9 Å². The van der Waals surface area contributed by atoms with Gasteiger partial charge >= 0.3 is 5.97 Å². The fourth-order valence-electron chi connectivity index (χ4n) is 1.71. The lowest BCUT2D eigenvalue weighted by molar-refractivity contribution is 0.0688. The average Bonchev–Trinajstić information content (AvgIpc) is 2.55. The van der Waals surface area contributed by atoms with E-state index in [1.165, 1.54) is 0 Å². The topological polar surface area (TPSA) is 54.6 Å². The van der Waals surface area contributed by atoms with E-state index in [0.29, 0.717) is 17.8 Å². The Kier molecular flexibility index (Phi) is 2.96. The number of aryl methyl sites for hydroxylation is 1. The van der Waals surface area contributed by atoms with Gasteiger partial charge in [-0.25, -0.2) is 9.78 Å². The highest BCUT2D eigenvalue weighted by atomic mass is 79.9. The van der Waals surface area contributed by atoms with Crippen molar-refractivity contribution < 1.29 is 9.90 Å². The normalized spacial score (nSPS) is 10.9. The molecule has 2 rings (SSSR count). The molecule has 16 heavy (non-hydrogen) atoms. The van der Waals surface area contributed by atoms with Gasteiger partial charge in [-0.05, 0) is 34.5 Å². The summed E-state index contributed by atoms with van der Waals surface area (Å²) in [4.78, 5) is 15.5. The molecule has 0 radical (unpaired) electrons. The van der Waals surface area contributed by atoms with Gasteiger partial charge in [-0.2, -0.15) is 0 Å². The smallest absolute Gasteiger partial charge is 0.354 e. The van der Waals surface area contributed by atoms with Crippen LogP contribution in [0.5, 0.6) is 0 Å². The molecule has 0 aliphatic rings. The molecular formula is C11H11BrN2O2. The quantitative estimate of drug-likeness (QED) is 0.942. The molecule has 0 atom stereocenters. The summed E-state index contributed by atoms with van der Waals surface area (Å²) in [5, 5.41) is 9.19. The number of carboxylic acid groups (broad SMARTS) is 1. The predicted molar refractivity (Wildman–Crippen MR) is 63.8 cm³/mol. The third kappa shape index (κ3) is 1.82. The summed E-state index contributed by atoms with van der Waals surface area (Å²) in [6.45, 7) is 2.01. The van der Waals surface area contributed by atoms with Gasteiger partial charge in [-0.3, -0.25) is 4.40 Å². The minimum Gasteiger partial charge on any atom is -0.477 e. The zero-order chi connectivity index (χ0) is 11.7. The van der Waals surface area contributed by atoms with E-state index in [-0.39, 0.29) is 5.69 Å². The number of imidazole rings is 1. The second kappa shape index (κ2) is 4.25. The second-order valence-corrected chi connectivity index (χ2v) is 4.45. The molecule has 84 valence electrons. The maximum atomic E-state index is 11.2. The van der Waals surface area contributed by atoms with Crippen LogP contribution in [0.15, 0.2) is 22.8 Å². The number of rotatable bonds is 3. The number of nitrogens with zero attached hydrogens (tertiary/aromatic N) is 2. The summed E-state index contributed by atoms with van der Waals surface area (Å²) in [5.41, 5.74) is 1.58. The summed E-state index contributed by atoms with van der Waals surface area (Å²) in [6.07, 6.45) is 3.29. The molecule has 0 amide bonds. The van der Waals surface area contributed by atoms with Crippen LogP contribution in [0.3, 0.4) is 0 Å². The van der Waals surface area contributed by atoms with Gasteiger partial charge in [0.05, 0.1) is 5.69 Å². The van der Waals surface area contributed by atoms with Crippen molar-refractivity contribution in [1.82, 2.24) is 9.38 Å². The van der Waals surface area contributed by atoms with Crippen LogP contribution in [0, 0.1) is 0 Å². The number of carboxylic acids is 1. The zero-order valence-corrected chi connectivity index (χ0v) is 10.4. The van der Waals surface area contributed by atoms with Crippen LogP contribution in [-0.2, 0) is 6.42 Å².